The first-order valence-electron chi connectivity index (χ1n) is 2.70. The fourth-order valence-corrected chi connectivity index (χ4v) is 0.392. The van der Waals surface area contributed by atoms with Crippen LogP contribution in [0.15, 0.2) is 29.6 Å². The zero-order valence-corrected chi connectivity index (χ0v) is 5.79. The molecule has 0 radical (unpaired) electrons. The van der Waals surface area contributed by atoms with Crippen LogP contribution in [0.4, 0.5) is 0 Å². The van der Waals surface area contributed by atoms with E-state index in [1.54, 1.807) is 25.5 Å². The number of allylic oxidation sites excluding steroid dienone is 2. The Labute approximate surface area is 55.6 Å². The molecule has 0 aromatic heterocycles. The lowest BCUT2D eigenvalue weighted by Gasteiger charge is -1.94. The highest BCUT2D eigenvalue weighted by atomic mass is 16.5. The van der Waals surface area contributed by atoms with Crippen molar-refractivity contribution in [2.45, 2.75) is 6.92 Å². The van der Waals surface area contributed by atoms with Gasteiger partial charge in [0.1, 0.15) is 0 Å². The van der Waals surface area contributed by atoms with Gasteiger partial charge in [0.2, 0.25) is 5.88 Å². The highest BCUT2D eigenvalue weighted by Crippen LogP contribution is 1.94. The average Bonchev–Trinajstić information content (AvgIpc) is 1.88. The monoisotopic (exact) mass is 125 g/mol. The first-order valence-corrected chi connectivity index (χ1v) is 2.70. The molecule has 50 valence electrons. The van der Waals surface area contributed by atoms with E-state index in [0.29, 0.717) is 5.88 Å². The summed E-state index contributed by atoms with van der Waals surface area (Å²) in [4.78, 5) is 3.88. The Hall–Kier alpha value is -1.05. The lowest BCUT2D eigenvalue weighted by Crippen LogP contribution is -1.80. The van der Waals surface area contributed by atoms with Gasteiger partial charge in [0.25, 0.3) is 0 Å². The topological polar surface area (TPSA) is 21.6 Å². The van der Waals surface area contributed by atoms with Crippen molar-refractivity contribution in [3.8, 4) is 0 Å². The standard InChI is InChI=1S/C7H11NO/c1-4-6-7(9-3)8-5-2/h4-6H,1H2,2-3H3/b7-6+,8-5-. The van der Waals surface area contributed by atoms with Gasteiger partial charge >= 0.3 is 0 Å². The molecule has 9 heavy (non-hydrogen) atoms. The van der Waals surface area contributed by atoms with Crippen LogP contribution in [-0.4, -0.2) is 13.3 Å². The van der Waals surface area contributed by atoms with E-state index >= 15 is 0 Å². The Morgan fingerprint density at radius 3 is 2.67 bits per heavy atom. The molecule has 0 spiro atoms. The third-order valence-electron chi connectivity index (χ3n) is 0.726. The van der Waals surface area contributed by atoms with Crippen molar-refractivity contribution in [2.24, 2.45) is 4.99 Å². The molecule has 0 amide bonds. The molecule has 2 heteroatoms. The van der Waals surface area contributed by atoms with E-state index in [1.165, 1.54) is 0 Å². The van der Waals surface area contributed by atoms with Gasteiger partial charge < -0.3 is 4.74 Å². The molecular formula is C7H11NO. The van der Waals surface area contributed by atoms with Crippen LogP contribution < -0.4 is 0 Å². The van der Waals surface area contributed by atoms with Gasteiger partial charge in [0, 0.05) is 6.21 Å². The van der Waals surface area contributed by atoms with Crippen LogP contribution in [-0.2, 0) is 4.74 Å². The summed E-state index contributed by atoms with van der Waals surface area (Å²) in [5.74, 6) is 0.576. The molecule has 0 rings (SSSR count). The van der Waals surface area contributed by atoms with E-state index in [2.05, 4.69) is 11.6 Å². The normalized spacial score (nSPS) is 12.0. The SMILES string of the molecule is C=C/C=C(\N=C/C)OC. The van der Waals surface area contributed by atoms with Crippen LogP contribution in [0, 0.1) is 0 Å². The van der Waals surface area contributed by atoms with E-state index in [-0.39, 0.29) is 0 Å². The summed E-state index contributed by atoms with van der Waals surface area (Å²) in [6.45, 7) is 5.33. The van der Waals surface area contributed by atoms with E-state index in [1.807, 2.05) is 6.92 Å². The maximum absolute atomic E-state index is 4.82. The lowest BCUT2D eigenvalue weighted by molar-refractivity contribution is 0.289. The predicted molar refractivity (Wildman–Crippen MR) is 39.5 cm³/mol. The van der Waals surface area contributed by atoms with Crippen molar-refractivity contribution >= 4 is 6.21 Å². The molecule has 0 fully saturated rings. The first-order chi connectivity index (χ1) is 4.35. The van der Waals surface area contributed by atoms with Gasteiger partial charge in [0.05, 0.1) is 7.11 Å². The highest BCUT2D eigenvalue weighted by molar-refractivity contribution is 5.54. The van der Waals surface area contributed by atoms with Crippen LogP contribution in [0.3, 0.4) is 0 Å². The summed E-state index contributed by atoms with van der Waals surface area (Å²) in [7, 11) is 1.57. The molecular weight excluding hydrogens is 114 g/mol. The average molecular weight is 125 g/mol. The summed E-state index contributed by atoms with van der Waals surface area (Å²) in [5.41, 5.74) is 0. The Balaban J connectivity index is 3.96. The molecule has 0 heterocycles. The zero-order valence-electron chi connectivity index (χ0n) is 5.79. The van der Waals surface area contributed by atoms with Crippen LogP contribution >= 0.6 is 0 Å². The van der Waals surface area contributed by atoms with Gasteiger partial charge in [-0.25, -0.2) is 4.99 Å². The Kier molecular flexibility index (Phi) is 4.50. The quantitative estimate of drug-likeness (QED) is 0.320. The largest absolute Gasteiger partial charge is 0.481 e. The summed E-state index contributed by atoms with van der Waals surface area (Å²) in [6, 6.07) is 0. The molecule has 0 atom stereocenters. The lowest BCUT2D eigenvalue weighted by atomic mass is 10.6. The minimum Gasteiger partial charge on any atom is -0.481 e. The molecule has 0 bridgehead atoms. The van der Waals surface area contributed by atoms with Gasteiger partial charge in [-0.15, -0.1) is 0 Å². The fraction of sp³-hybridized carbons (Fsp3) is 0.286. The van der Waals surface area contributed by atoms with Gasteiger partial charge in [0.15, 0.2) is 0 Å². The second kappa shape index (κ2) is 5.09. The molecule has 0 unspecified atom stereocenters. The number of nitrogens with zero attached hydrogens (tertiary/aromatic N) is 1. The molecule has 0 aliphatic rings. The minimum atomic E-state index is 0.576. The van der Waals surface area contributed by atoms with Gasteiger partial charge in [-0.3, -0.25) is 0 Å². The number of rotatable bonds is 3. The molecule has 0 aromatic carbocycles. The third-order valence-corrected chi connectivity index (χ3v) is 0.726. The van der Waals surface area contributed by atoms with Crippen LogP contribution in [0.2, 0.25) is 0 Å². The third kappa shape index (κ3) is 3.53. The Morgan fingerprint density at radius 1 is 1.67 bits per heavy atom. The van der Waals surface area contributed by atoms with E-state index in [0.717, 1.165) is 0 Å². The van der Waals surface area contributed by atoms with Crippen LogP contribution in [0.25, 0.3) is 0 Å². The van der Waals surface area contributed by atoms with Crippen LogP contribution in [0.1, 0.15) is 6.92 Å². The van der Waals surface area contributed by atoms with E-state index < -0.39 is 0 Å². The number of hydrogen-bond donors (Lipinski definition) is 0. The fourth-order valence-electron chi connectivity index (χ4n) is 0.392. The minimum absolute atomic E-state index is 0.576. The van der Waals surface area contributed by atoms with Crippen molar-refractivity contribution in [1.29, 1.82) is 0 Å². The number of methoxy groups -OCH3 is 1. The van der Waals surface area contributed by atoms with E-state index in [9.17, 15) is 0 Å². The molecule has 0 aliphatic heterocycles. The maximum atomic E-state index is 4.82. The zero-order chi connectivity index (χ0) is 7.11. The van der Waals surface area contributed by atoms with Crippen molar-refractivity contribution < 1.29 is 4.74 Å². The molecule has 0 saturated heterocycles. The number of aliphatic imine (C=N–C) groups is 1. The second-order valence-electron chi connectivity index (χ2n) is 1.33. The summed E-state index contributed by atoms with van der Waals surface area (Å²) in [6.07, 6.45) is 4.99. The van der Waals surface area contributed by atoms with Crippen LogP contribution in [0.5, 0.6) is 0 Å². The molecule has 0 N–H and O–H groups in total. The van der Waals surface area contributed by atoms with E-state index in [4.69, 9.17) is 4.74 Å². The summed E-state index contributed by atoms with van der Waals surface area (Å²) >= 11 is 0. The second-order valence-corrected chi connectivity index (χ2v) is 1.33. The van der Waals surface area contributed by atoms with Gasteiger partial charge in [-0.1, -0.05) is 12.7 Å². The number of hydrogen-bond acceptors (Lipinski definition) is 2. The summed E-state index contributed by atoms with van der Waals surface area (Å²) in [5, 5.41) is 0. The smallest absolute Gasteiger partial charge is 0.212 e. The maximum Gasteiger partial charge on any atom is 0.212 e. The van der Waals surface area contributed by atoms with Crippen molar-refractivity contribution in [3.05, 3.63) is 24.6 Å². The Morgan fingerprint density at radius 2 is 2.33 bits per heavy atom. The van der Waals surface area contributed by atoms with Gasteiger partial charge in [-0.2, -0.15) is 0 Å². The summed E-state index contributed by atoms with van der Waals surface area (Å²) < 4.78 is 4.82. The van der Waals surface area contributed by atoms with Crippen molar-refractivity contribution in [2.75, 3.05) is 7.11 Å². The highest BCUT2D eigenvalue weighted by Gasteiger charge is 1.82. The predicted octanol–water partition coefficient (Wildman–Crippen LogP) is 1.75. The van der Waals surface area contributed by atoms with Gasteiger partial charge in [-0.05, 0) is 13.0 Å². The van der Waals surface area contributed by atoms with Crippen molar-refractivity contribution in [3.63, 3.8) is 0 Å². The molecule has 0 aliphatic carbocycles. The number of ether oxygens (including phenoxy) is 1. The molecule has 0 aromatic rings. The molecule has 2 nitrogen and oxygen atoms in total. The Bertz CT molecular complexity index is 136. The first kappa shape index (κ1) is 7.95. The van der Waals surface area contributed by atoms with Crippen molar-refractivity contribution in [1.82, 2.24) is 0 Å². The molecule has 0 saturated carbocycles.